The first kappa shape index (κ1) is 62.8. The number of aryl methyl sites for hydroxylation is 1. The van der Waals surface area contributed by atoms with E-state index >= 15 is 4.39 Å². The van der Waals surface area contributed by atoms with Crippen molar-refractivity contribution >= 4 is 58.2 Å². The zero-order valence-corrected chi connectivity index (χ0v) is 48.9. The lowest BCUT2D eigenvalue weighted by Crippen LogP contribution is -2.57. The van der Waals surface area contributed by atoms with Crippen LogP contribution in [0.1, 0.15) is 81.1 Å². The number of likely N-dealkylation sites (N-methyl/N-ethyl adjacent to an activating group) is 1. The molecule has 4 N–H and O–H groups in total. The Morgan fingerprint density at radius 1 is 0.810 bits per heavy atom. The number of ether oxygens (including phenoxy) is 2. The molecule has 3 aliphatic rings. The summed E-state index contributed by atoms with van der Waals surface area (Å²) in [4.78, 5) is 90.6. The van der Waals surface area contributed by atoms with Gasteiger partial charge in [0.1, 0.15) is 23.7 Å². The minimum atomic E-state index is -5.03. The lowest BCUT2D eigenvalue weighted by molar-refractivity contribution is -0.144. The molecule has 19 nitrogen and oxygen atoms in total. The fourth-order valence-corrected chi connectivity index (χ4v) is 11.3. The number of benzene rings is 3. The molecule has 0 aliphatic carbocycles. The fourth-order valence-electron chi connectivity index (χ4n) is 10.5. The second-order valence-electron chi connectivity index (χ2n) is 22.6. The van der Waals surface area contributed by atoms with Gasteiger partial charge in [-0.25, -0.2) is 23.7 Å². The van der Waals surface area contributed by atoms with E-state index in [-0.39, 0.29) is 105 Å². The van der Waals surface area contributed by atoms with Crippen LogP contribution in [0.2, 0.25) is 0 Å². The predicted octanol–water partition coefficient (Wildman–Crippen LogP) is 6.92. The average Bonchev–Trinajstić information content (AvgIpc) is 4.16. The molecule has 452 valence electrons. The molecule has 3 aromatic carbocycles. The Kier molecular flexibility index (Phi) is 20.4. The van der Waals surface area contributed by atoms with Gasteiger partial charge in [0, 0.05) is 101 Å². The number of hydrogen-bond acceptors (Lipinski definition) is 15. The zero-order chi connectivity index (χ0) is 60.6. The molecule has 8 rings (SSSR count). The number of nitrogens with zero attached hydrogens (tertiary/aromatic N) is 8. The molecular weight excluding hydrogens is 1120 g/mol. The normalized spacial score (nSPS) is 19.1. The molecule has 5 aromatic rings. The van der Waals surface area contributed by atoms with E-state index in [1.165, 1.54) is 29.4 Å². The quantitative estimate of drug-likeness (QED) is 0.0460. The van der Waals surface area contributed by atoms with Crippen LogP contribution < -0.4 is 25.8 Å². The number of aliphatic hydroxyl groups excluding tert-OH is 1. The summed E-state index contributed by atoms with van der Waals surface area (Å²) in [5, 5.41) is 18.9. The molecule has 0 radical (unpaired) electrons. The summed E-state index contributed by atoms with van der Waals surface area (Å²) in [5.41, 5.74) is 2.15. The van der Waals surface area contributed by atoms with Gasteiger partial charge in [-0.3, -0.25) is 28.9 Å². The van der Waals surface area contributed by atoms with Crippen molar-refractivity contribution in [3.8, 4) is 21.6 Å². The molecular formula is C59H72F5N11O8S. The van der Waals surface area contributed by atoms with Crippen LogP contribution in [-0.4, -0.2) is 174 Å². The van der Waals surface area contributed by atoms with Gasteiger partial charge >= 0.3 is 6.18 Å². The minimum absolute atomic E-state index is 0.0133. The first-order chi connectivity index (χ1) is 39.9. The summed E-state index contributed by atoms with van der Waals surface area (Å²) in [6.07, 6.45) is -3.01. The number of nitrogens with one attached hydrogen (secondary N) is 3. The Morgan fingerprint density at radius 3 is 2.08 bits per heavy atom. The topological polar surface area (TPSA) is 215 Å². The van der Waals surface area contributed by atoms with Crippen molar-refractivity contribution in [1.82, 2.24) is 40.3 Å². The highest BCUT2D eigenvalue weighted by Gasteiger charge is 2.45. The van der Waals surface area contributed by atoms with Crippen molar-refractivity contribution in [1.29, 1.82) is 0 Å². The molecule has 5 heterocycles. The number of carbonyl (C=O) groups excluding carboxylic acids is 5. The zero-order valence-electron chi connectivity index (χ0n) is 48.1. The van der Waals surface area contributed by atoms with Gasteiger partial charge in [0.2, 0.25) is 29.6 Å². The summed E-state index contributed by atoms with van der Waals surface area (Å²) in [5.74, 6) is -4.10. The molecule has 5 amide bonds. The van der Waals surface area contributed by atoms with Gasteiger partial charge in [-0.05, 0) is 74.7 Å². The Morgan fingerprint density at radius 2 is 1.46 bits per heavy atom. The number of amides is 5. The number of piperazine rings is 2. The molecule has 0 saturated carbocycles. The minimum Gasteiger partial charge on any atom is -0.391 e. The monoisotopic (exact) mass is 1190 g/mol. The van der Waals surface area contributed by atoms with Gasteiger partial charge in [0.25, 0.3) is 5.91 Å². The number of carbonyl (C=O) groups is 5. The Balaban J connectivity index is 0.759. The molecule has 3 saturated heterocycles. The van der Waals surface area contributed by atoms with E-state index in [0.29, 0.717) is 45.2 Å². The summed E-state index contributed by atoms with van der Waals surface area (Å²) in [6.45, 7) is 14.4. The van der Waals surface area contributed by atoms with E-state index in [4.69, 9.17) is 9.47 Å². The fraction of sp³-hybridized carbons (Fsp3) is 0.492. The summed E-state index contributed by atoms with van der Waals surface area (Å²) >= 11 is 1.55. The molecule has 0 bridgehead atoms. The van der Waals surface area contributed by atoms with Gasteiger partial charge in [-0.2, -0.15) is 13.2 Å². The second kappa shape index (κ2) is 27.2. The number of hydrogen-bond donors (Lipinski definition) is 4. The smallest absolute Gasteiger partial charge is 0.391 e. The number of likely N-dealkylation sites (tertiary alicyclic amines) is 1. The molecule has 0 unspecified atom stereocenters. The number of aliphatic hydroxyl groups is 1. The maximum Gasteiger partial charge on any atom is 0.417 e. The van der Waals surface area contributed by atoms with Crippen molar-refractivity contribution in [2.45, 2.75) is 104 Å². The predicted molar refractivity (Wildman–Crippen MR) is 307 cm³/mol. The maximum atomic E-state index is 16.2. The van der Waals surface area contributed by atoms with E-state index in [9.17, 15) is 46.6 Å². The highest BCUT2D eigenvalue weighted by molar-refractivity contribution is 7.13. The van der Waals surface area contributed by atoms with Gasteiger partial charge in [-0.15, -0.1) is 11.3 Å². The lowest BCUT2D eigenvalue weighted by atomic mass is 9.85. The van der Waals surface area contributed by atoms with Crippen LogP contribution in [0.5, 0.6) is 0 Å². The molecule has 25 heteroatoms. The van der Waals surface area contributed by atoms with Crippen LogP contribution in [0.3, 0.4) is 0 Å². The van der Waals surface area contributed by atoms with Crippen LogP contribution in [-0.2, 0) is 41.4 Å². The summed E-state index contributed by atoms with van der Waals surface area (Å²) < 4.78 is 83.4. The molecule has 2 aromatic heterocycles. The molecule has 84 heavy (non-hydrogen) atoms. The van der Waals surface area contributed by atoms with E-state index in [0.717, 1.165) is 33.8 Å². The van der Waals surface area contributed by atoms with E-state index in [1.54, 1.807) is 21.7 Å². The SMILES string of the molecule is Cc1ncsc1-c1ccc(CNC(=O)[C@@H]2C[C@@H](O)CN2C(=O)[C@@H](NC(=O)CCOCCOCCC(=O)N2CCN(c3ncc(-c4cc(NC(=O)c5ccc(F)cc5C(F)(F)F)c(N5C[C@@H](C)N(C)[C@@H](C)C5)cc4F)cn3)CC2)C(C)(C)C)cc1. The number of β-amino-alcohol motifs (C(OH)–C–C–N with tert-alkyl or cyclic N) is 1. The third-order valence-corrected chi connectivity index (χ3v) is 16.4. The Bertz CT molecular complexity index is 3130. The van der Waals surface area contributed by atoms with Crippen LogP contribution in [0.25, 0.3) is 21.6 Å². The molecule has 3 aliphatic heterocycles. The van der Waals surface area contributed by atoms with Crippen molar-refractivity contribution in [3.05, 3.63) is 107 Å². The van der Waals surface area contributed by atoms with Crippen molar-refractivity contribution in [2.75, 3.05) is 94.4 Å². The molecule has 0 spiro atoms. The van der Waals surface area contributed by atoms with Crippen LogP contribution in [0.4, 0.5) is 39.3 Å². The van der Waals surface area contributed by atoms with E-state index < -0.39 is 76.2 Å². The third-order valence-electron chi connectivity index (χ3n) is 15.4. The number of thiazole rings is 1. The van der Waals surface area contributed by atoms with Gasteiger partial charge in [0.15, 0.2) is 0 Å². The summed E-state index contributed by atoms with van der Waals surface area (Å²) in [6, 6.07) is 10.2. The van der Waals surface area contributed by atoms with E-state index in [1.807, 2.05) is 82.7 Å². The van der Waals surface area contributed by atoms with Crippen LogP contribution in [0.15, 0.2) is 72.5 Å². The van der Waals surface area contributed by atoms with Crippen molar-refractivity contribution in [3.63, 3.8) is 0 Å². The first-order valence-corrected chi connectivity index (χ1v) is 28.8. The standard InChI is InChI=1S/C59H72F5N11O8S/c1-35-31-74(32-36(2)71(35)7)48-27-46(61)44(26-47(48)69-54(79)43-13-12-41(60)24-45(43)59(62,63)64)40-29-66-57(67-30-40)73-18-16-72(17-19-73)51(78)15-21-83-23-22-82-20-14-50(77)70-53(58(4,5)6)56(81)75-33-42(76)25-49(75)55(80)65-28-38-8-10-39(11-9-38)52-37(3)68-34-84-52/h8-13,24,26-27,29-30,34-36,42,49,53,76H,14-23,25,28,31-33H2,1-7H3,(H,65,80)(H,69,79)(H,70,77)/t35-,36+,42-,49+,53-/m1/s1. The highest BCUT2D eigenvalue weighted by Crippen LogP contribution is 2.38. The number of alkyl halides is 3. The number of rotatable bonds is 20. The molecule has 3 fully saturated rings. The maximum absolute atomic E-state index is 16.2. The largest absolute Gasteiger partial charge is 0.417 e. The number of aromatic nitrogens is 3. The summed E-state index contributed by atoms with van der Waals surface area (Å²) in [7, 11) is 1.96. The lowest BCUT2D eigenvalue weighted by Gasteiger charge is -2.44. The van der Waals surface area contributed by atoms with Crippen LogP contribution >= 0.6 is 11.3 Å². The second-order valence-corrected chi connectivity index (χ2v) is 23.4. The molecule has 5 atom stereocenters. The number of halogens is 5. The Labute approximate surface area is 488 Å². The highest BCUT2D eigenvalue weighted by atomic mass is 32.1. The van der Waals surface area contributed by atoms with Gasteiger partial charge < -0.3 is 50.1 Å². The van der Waals surface area contributed by atoms with Crippen molar-refractivity contribution in [2.24, 2.45) is 5.41 Å². The average molecular weight is 1190 g/mol. The van der Waals surface area contributed by atoms with Crippen molar-refractivity contribution < 1.29 is 60.5 Å². The van der Waals surface area contributed by atoms with E-state index in [2.05, 4.69) is 35.8 Å². The van der Waals surface area contributed by atoms with Gasteiger partial charge in [0.05, 0.1) is 77.5 Å². The Hall–Kier alpha value is -7.19. The third kappa shape index (κ3) is 15.6. The first-order valence-electron chi connectivity index (χ1n) is 27.9. The van der Waals surface area contributed by atoms with Gasteiger partial charge in [-0.1, -0.05) is 45.0 Å². The number of anilines is 3. The van der Waals surface area contributed by atoms with Crippen LogP contribution in [0, 0.1) is 24.0 Å².